The Morgan fingerprint density at radius 1 is 1.00 bits per heavy atom. The van der Waals surface area contributed by atoms with Gasteiger partial charge in [-0.1, -0.05) is 20.3 Å². The second kappa shape index (κ2) is 8.78. The standard InChI is InChI=1S/C13H25N5O2S/c1-4-6-11-12(14-7-5-2)16-10-17-13(11)15-8-9-18-21(3,19)20/h10,18H,4-9H2,1-3H3,(H2,14,15,16,17). The van der Waals surface area contributed by atoms with Gasteiger partial charge >= 0.3 is 0 Å². The van der Waals surface area contributed by atoms with Gasteiger partial charge in [-0.05, 0) is 12.8 Å². The fourth-order valence-electron chi connectivity index (χ4n) is 1.86. The topological polar surface area (TPSA) is 96.0 Å². The van der Waals surface area contributed by atoms with Crippen LogP contribution in [0, 0.1) is 0 Å². The zero-order valence-electron chi connectivity index (χ0n) is 12.9. The first kappa shape index (κ1) is 17.6. The van der Waals surface area contributed by atoms with Gasteiger partial charge in [0, 0.05) is 25.2 Å². The monoisotopic (exact) mass is 315 g/mol. The van der Waals surface area contributed by atoms with Crippen molar-refractivity contribution < 1.29 is 8.42 Å². The molecule has 0 fully saturated rings. The quantitative estimate of drug-likeness (QED) is 0.562. The Kier molecular flexibility index (Phi) is 7.38. The summed E-state index contributed by atoms with van der Waals surface area (Å²) >= 11 is 0. The van der Waals surface area contributed by atoms with Crippen molar-refractivity contribution in [2.45, 2.75) is 33.1 Å². The van der Waals surface area contributed by atoms with Crippen LogP contribution in [0.3, 0.4) is 0 Å². The minimum absolute atomic E-state index is 0.326. The summed E-state index contributed by atoms with van der Waals surface area (Å²) in [6.45, 7) is 5.87. The maximum Gasteiger partial charge on any atom is 0.208 e. The second-order valence-corrected chi connectivity index (χ2v) is 6.65. The van der Waals surface area contributed by atoms with Crippen LogP contribution >= 0.6 is 0 Å². The van der Waals surface area contributed by atoms with Crippen LogP contribution in [0.4, 0.5) is 11.6 Å². The van der Waals surface area contributed by atoms with Crippen molar-refractivity contribution in [3.63, 3.8) is 0 Å². The molecule has 0 aliphatic carbocycles. The minimum Gasteiger partial charge on any atom is -0.370 e. The van der Waals surface area contributed by atoms with Gasteiger partial charge in [0.1, 0.15) is 18.0 Å². The van der Waals surface area contributed by atoms with E-state index in [2.05, 4.69) is 39.2 Å². The highest BCUT2D eigenvalue weighted by atomic mass is 32.2. The summed E-state index contributed by atoms with van der Waals surface area (Å²) in [5.74, 6) is 1.62. The van der Waals surface area contributed by atoms with Gasteiger partial charge in [-0.15, -0.1) is 0 Å². The summed E-state index contributed by atoms with van der Waals surface area (Å²) in [5.41, 5.74) is 1.05. The predicted octanol–water partition coefficient (Wildman–Crippen LogP) is 1.21. The Morgan fingerprint density at radius 2 is 1.62 bits per heavy atom. The van der Waals surface area contributed by atoms with E-state index >= 15 is 0 Å². The molecule has 0 radical (unpaired) electrons. The Hall–Kier alpha value is -1.41. The molecule has 0 spiro atoms. The van der Waals surface area contributed by atoms with Crippen LogP contribution in [-0.4, -0.2) is 44.3 Å². The number of aromatic nitrogens is 2. The van der Waals surface area contributed by atoms with Crippen LogP contribution < -0.4 is 15.4 Å². The summed E-state index contributed by atoms with van der Waals surface area (Å²) in [6, 6.07) is 0. The number of anilines is 2. The van der Waals surface area contributed by atoms with Gasteiger partial charge in [0.05, 0.1) is 6.26 Å². The SMILES string of the molecule is CCCNc1ncnc(NCCNS(C)(=O)=O)c1CCC. The van der Waals surface area contributed by atoms with Crippen molar-refractivity contribution in [1.82, 2.24) is 14.7 Å². The van der Waals surface area contributed by atoms with Crippen LogP contribution in [0.5, 0.6) is 0 Å². The summed E-state index contributed by atoms with van der Waals surface area (Å²) in [5, 5.41) is 6.47. The second-order valence-electron chi connectivity index (χ2n) is 4.82. The molecule has 1 heterocycles. The fraction of sp³-hybridized carbons (Fsp3) is 0.692. The third-order valence-corrected chi connectivity index (χ3v) is 3.50. The molecule has 3 N–H and O–H groups in total. The van der Waals surface area contributed by atoms with Gasteiger partial charge in [-0.25, -0.2) is 23.1 Å². The third-order valence-electron chi connectivity index (χ3n) is 2.77. The first-order valence-electron chi connectivity index (χ1n) is 7.24. The smallest absolute Gasteiger partial charge is 0.208 e. The summed E-state index contributed by atoms with van der Waals surface area (Å²) in [4.78, 5) is 8.55. The average molecular weight is 315 g/mol. The van der Waals surface area contributed by atoms with Crippen LogP contribution in [0.2, 0.25) is 0 Å². The molecule has 7 nitrogen and oxygen atoms in total. The molecule has 0 atom stereocenters. The van der Waals surface area contributed by atoms with E-state index in [0.717, 1.165) is 49.3 Å². The van der Waals surface area contributed by atoms with E-state index in [-0.39, 0.29) is 0 Å². The maximum atomic E-state index is 11.0. The first-order chi connectivity index (χ1) is 9.98. The van der Waals surface area contributed by atoms with E-state index in [1.807, 2.05) is 0 Å². The molecule has 0 aliphatic heterocycles. The van der Waals surface area contributed by atoms with E-state index in [9.17, 15) is 8.42 Å². The van der Waals surface area contributed by atoms with Gasteiger partial charge in [0.15, 0.2) is 0 Å². The van der Waals surface area contributed by atoms with Crippen molar-refractivity contribution in [3.8, 4) is 0 Å². The molecule has 21 heavy (non-hydrogen) atoms. The highest BCUT2D eigenvalue weighted by Crippen LogP contribution is 2.21. The summed E-state index contributed by atoms with van der Waals surface area (Å²) in [6.07, 6.45) is 5.55. The molecule has 1 aromatic heterocycles. The Labute approximate surface area is 127 Å². The molecule has 0 amide bonds. The number of hydrogen-bond donors (Lipinski definition) is 3. The van der Waals surface area contributed by atoms with E-state index < -0.39 is 10.0 Å². The lowest BCUT2D eigenvalue weighted by atomic mass is 10.1. The lowest BCUT2D eigenvalue weighted by Crippen LogP contribution is -2.28. The lowest BCUT2D eigenvalue weighted by molar-refractivity contribution is 0.589. The van der Waals surface area contributed by atoms with Crippen molar-refractivity contribution in [2.24, 2.45) is 0 Å². The molecular weight excluding hydrogens is 290 g/mol. The van der Waals surface area contributed by atoms with Crippen molar-refractivity contribution in [2.75, 3.05) is 36.5 Å². The Bertz CT molecular complexity index is 533. The first-order valence-corrected chi connectivity index (χ1v) is 9.13. The van der Waals surface area contributed by atoms with E-state index in [1.54, 1.807) is 0 Å². The highest BCUT2D eigenvalue weighted by molar-refractivity contribution is 7.88. The van der Waals surface area contributed by atoms with Gasteiger partial charge in [-0.2, -0.15) is 0 Å². The van der Waals surface area contributed by atoms with Crippen LogP contribution in [-0.2, 0) is 16.4 Å². The number of sulfonamides is 1. The largest absolute Gasteiger partial charge is 0.370 e. The number of nitrogens with one attached hydrogen (secondary N) is 3. The van der Waals surface area contributed by atoms with E-state index in [1.165, 1.54) is 6.33 Å². The molecule has 8 heteroatoms. The zero-order chi connectivity index (χ0) is 15.7. The van der Waals surface area contributed by atoms with Crippen LogP contribution in [0.15, 0.2) is 6.33 Å². The van der Waals surface area contributed by atoms with Crippen LogP contribution in [0.25, 0.3) is 0 Å². The number of nitrogens with zero attached hydrogens (tertiary/aromatic N) is 2. The van der Waals surface area contributed by atoms with Gasteiger partial charge < -0.3 is 10.6 Å². The van der Waals surface area contributed by atoms with Gasteiger partial charge in [0.2, 0.25) is 10.0 Å². The van der Waals surface area contributed by atoms with E-state index in [4.69, 9.17) is 0 Å². The molecule has 1 aromatic rings. The molecular formula is C13H25N5O2S. The average Bonchev–Trinajstić information content (AvgIpc) is 2.42. The predicted molar refractivity (Wildman–Crippen MR) is 86.1 cm³/mol. The molecule has 0 unspecified atom stereocenters. The molecule has 1 rings (SSSR count). The third kappa shape index (κ3) is 6.72. The normalized spacial score (nSPS) is 11.4. The highest BCUT2D eigenvalue weighted by Gasteiger charge is 2.10. The van der Waals surface area contributed by atoms with Gasteiger partial charge in [-0.3, -0.25) is 0 Å². The molecule has 0 saturated heterocycles. The molecule has 0 bridgehead atoms. The number of hydrogen-bond acceptors (Lipinski definition) is 6. The molecule has 0 saturated carbocycles. The van der Waals surface area contributed by atoms with E-state index in [0.29, 0.717) is 13.1 Å². The van der Waals surface area contributed by atoms with Crippen LogP contribution in [0.1, 0.15) is 32.3 Å². The van der Waals surface area contributed by atoms with Gasteiger partial charge in [0.25, 0.3) is 0 Å². The molecule has 120 valence electrons. The van der Waals surface area contributed by atoms with Crippen molar-refractivity contribution >= 4 is 21.7 Å². The molecule has 0 aliphatic rings. The van der Waals surface area contributed by atoms with Crippen molar-refractivity contribution in [1.29, 1.82) is 0 Å². The summed E-state index contributed by atoms with van der Waals surface area (Å²) < 4.78 is 24.5. The lowest BCUT2D eigenvalue weighted by Gasteiger charge is -2.15. The summed E-state index contributed by atoms with van der Waals surface area (Å²) in [7, 11) is -3.15. The van der Waals surface area contributed by atoms with Crippen molar-refractivity contribution in [3.05, 3.63) is 11.9 Å². The zero-order valence-corrected chi connectivity index (χ0v) is 13.8. The minimum atomic E-state index is -3.15. The molecule has 0 aromatic carbocycles. The fourth-order valence-corrected chi connectivity index (χ4v) is 2.34. The Morgan fingerprint density at radius 3 is 2.14 bits per heavy atom. The number of rotatable bonds is 10. The maximum absolute atomic E-state index is 11.0. The Balaban J connectivity index is 2.71.